The number of para-hydroxylation sites is 1. The van der Waals surface area contributed by atoms with Gasteiger partial charge in [-0.05, 0) is 59.5 Å². The van der Waals surface area contributed by atoms with Gasteiger partial charge in [0.2, 0.25) is 0 Å². The van der Waals surface area contributed by atoms with Crippen LogP contribution in [0, 0.1) is 17.0 Å². The summed E-state index contributed by atoms with van der Waals surface area (Å²) >= 11 is 5.39. The lowest BCUT2D eigenvalue weighted by molar-refractivity contribution is -0.389. The van der Waals surface area contributed by atoms with Crippen molar-refractivity contribution in [3.63, 3.8) is 0 Å². The smallest absolute Gasteiger partial charge is 0.389 e. The van der Waals surface area contributed by atoms with E-state index in [1.54, 1.807) is 19.3 Å². The third-order valence-electron chi connectivity index (χ3n) is 5.00. The first-order valence-corrected chi connectivity index (χ1v) is 10.1. The lowest BCUT2D eigenvalue weighted by atomic mass is 10.1. The number of benzene rings is 2. The molecule has 1 amide bonds. The summed E-state index contributed by atoms with van der Waals surface area (Å²) in [5, 5.41) is 18.1. The molecule has 0 saturated carbocycles. The van der Waals surface area contributed by atoms with Gasteiger partial charge in [-0.3, -0.25) is 9.69 Å². The zero-order valence-corrected chi connectivity index (χ0v) is 18.1. The van der Waals surface area contributed by atoms with Crippen molar-refractivity contribution in [2.45, 2.75) is 13.5 Å². The van der Waals surface area contributed by atoms with Crippen LogP contribution in [0.2, 0.25) is 0 Å². The molecule has 1 saturated heterocycles. The SMILES string of the molecule is COc1ccc(/C=C2/NC(=S)N(c3ccccc3C)C2=O)cc1Cn1ccc([N+](=O)[O-])n1. The molecule has 3 aromatic rings. The van der Waals surface area contributed by atoms with Gasteiger partial charge in [-0.15, -0.1) is 0 Å². The molecule has 32 heavy (non-hydrogen) atoms. The Morgan fingerprint density at radius 3 is 2.72 bits per heavy atom. The van der Waals surface area contributed by atoms with Crippen LogP contribution >= 0.6 is 12.2 Å². The van der Waals surface area contributed by atoms with Crippen LogP contribution in [-0.4, -0.2) is 32.8 Å². The molecule has 0 bridgehead atoms. The number of carbonyl (C=O) groups is 1. The molecule has 2 aromatic carbocycles. The zero-order chi connectivity index (χ0) is 22.8. The van der Waals surface area contributed by atoms with Gasteiger partial charge in [0.1, 0.15) is 11.4 Å². The van der Waals surface area contributed by atoms with E-state index in [9.17, 15) is 14.9 Å². The maximum absolute atomic E-state index is 13.0. The fraction of sp³-hybridized carbons (Fsp3) is 0.136. The monoisotopic (exact) mass is 449 g/mol. The minimum atomic E-state index is -0.547. The van der Waals surface area contributed by atoms with E-state index in [4.69, 9.17) is 17.0 Å². The number of hydrogen-bond donors (Lipinski definition) is 1. The Morgan fingerprint density at radius 1 is 1.25 bits per heavy atom. The average Bonchev–Trinajstić information content (AvgIpc) is 3.34. The molecule has 0 unspecified atom stereocenters. The molecule has 10 heteroatoms. The van der Waals surface area contributed by atoms with Crippen LogP contribution in [0.5, 0.6) is 5.75 Å². The average molecular weight is 449 g/mol. The van der Waals surface area contributed by atoms with Crippen LogP contribution in [0.15, 0.2) is 60.4 Å². The molecule has 0 atom stereocenters. The number of methoxy groups -OCH3 is 1. The van der Waals surface area contributed by atoms with Crippen LogP contribution in [0.4, 0.5) is 11.5 Å². The van der Waals surface area contributed by atoms with Gasteiger partial charge in [0.15, 0.2) is 5.11 Å². The predicted molar refractivity (Wildman–Crippen MR) is 123 cm³/mol. The van der Waals surface area contributed by atoms with Crippen molar-refractivity contribution in [2.24, 2.45) is 0 Å². The van der Waals surface area contributed by atoms with E-state index in [2.05, 4.69) is 10.4 Å². The summed E-state index contributed by atoms with van der Waals surface area (Å²) in [4.78, 5) is 24.9. The number of amides is 1. The molecule has 4 rings (SSSR count). The van der Waals surface area contributed by atoms with Crippen molar-refractivity contribution < 1.29 is 14.5 Å². The number of ether oxygens (including phenoxy) is 1. The van der Waals surface area contributed by atoms with Crippen molar-refractivity contribution in [2.75, 3.05) is 12.0 Å². The summed E-state index contributed by atoms with van der Waals surface area (Å²) < 4.78 is 6.88. The molecule has 0 spiro atoms. The van der Waals surface area contributed by atoms with Crippen LogP contribution in [0.25, 0.3) is 6.08 Å². The summed E-state index contributed by atoms with van der Waals surface area (Å²) in [6.07, 6.45) is 3.24. The Kier molecular flexibility index (Phi) is 5.69. The maximum Gasteiger partial charge on any atom is 0.389 e. The van der Waals surface area contributed by atoms with E-state index in [-0.39, 0.29) is 18.3 Å². The molecule has 9 nitrogen and oxygen atoms in total. The quantitative estimate of drug-likeness (QED) is 0.266. The summed E-state index contributed by atoms with van der Waals surface area (Å²) in [6.45, 7) is 2.19. The number of thiocarbonyl (C=S) groups is 1. The molecular formula is C22H19N5O4S. The molecule has 162 valence electrons. The standard InChI is InChI=1S/C22H19N5O4S/c1-14-5-3-4-6-18(14)26-21(28)17(23-22(26)32)12-15-7-8-19(31-2)16(11-15)13-25-10-9-20(24-25)27(29)30/h3-12H,13H2,1-2H3,(H,23,32)/b17-12+. The number of nitrogens with zero attached hydrogens (tertiary/aromatic N) is 4. The van der Waals surface area contributed by atoms with E-state index in [0.29, 0.717) is 16.6 Å². The topological polar surface area (TPSA) is 103 Å². The van der Waals surface area contributed by atoms with Crippen molar-refractivity contribution >= 4 is 40.8 Å². The summed E-state index contributed by atoms with van der Waals surface area (Å²) in [6, 6.07) is 14.3. The van der Waals surface area contributed by atoms with E-state index in [1.165, 1.54) is 21.8 Å². The summed E-state index contributed by atoms with van der Waals surface area (Å²) in [5.74, 6) is 0.130. The first kappa shape index (κ1) is 21.2. The van der Waals surface area contributed by atoms with Gasteiger partial charge in [0.25, 0.3) is 5.91 Å². The highest BCUT2D eigenvalue weighted by Gasteiger charge is 2.32. The Morgan fingerprint density at radius 2 is 2.03 bits per heavy atom. The number of aromatic nitrogens is 2. The molecule has 0 aliphatic carbocycles. The Balaban J connectivity index is 1.63. The number of hydrogen-bond acceptors (Lipinski definition) is 6. The fourth-order valence-corrected chi connectivity index (χ4v) is 3.75. The Labute approximate surface area is 189 Å². The molecule has 1 N–H and O–H groups in total. The van der Waals surface area contributed by atoms with Gasteiger partial charge in [-0.25, -0.2) is 0 Å². The zero-order valence-electron chi connectivity index (χ0n) is 17.3. The molecule has 1 aliphatic rings. The van der Waals surface area contributed by atoms with Gasteiger partial charge in [0.05, 0.1) is 36.7 Å². The number of anilines is 1. The van der Waals surface area contributed by atoms with Crippen LogP contribution in [-0.2, 0) is 11.3 Å². The first-order chi connectivity index (χ1) is 15.4. The molecule has 0 radical (unpaired) electrons. The second-order valence-corrected chi connectivity index (χ2v) is 7.50. The molecule has 1 fully saturated rings. The van der Waals surface area contributed by atoms with Gasteiger partial charge >= 0.3 is 5.82 Å². The normalized spacial score (nSPS) is 14.7. The number of nitro groups is 1. The third kappa shape index (κ3) is 4.08. The highest BCUT2D eigenvalue weighted by atomic mass is 32.1. The van der Waals surface area contributed by atoms with Crippen molar-refractivity contribution in [1.82, 2.24) is 15.1 Å². The minimum absolute atomic E-state index is 0.229. The van der Waals surface area contributed by atoms with Crippen molar-refractivity contribution in [3.8, 4) is 5.75 Å². The Bertz CT molecular complexity index is 1270. The lowest BCUT2D eigenvalue weighted by Crippen LogP contribution is -2.30. The van der Waals surface area contributed by atoms with Gasteiger partial charge in [0, 0.05) is 5.56 Å². The lowest BCUT2D eigenvalue weighted by Gasteiger charge is -2.16. The second kappa shape index (κ2) is 8.60. The molecule has 1 aromatic heterocycles. The number of carbonyl (C=O) groups excluding carboxylic acids is 1. The minimum Gasteiger partial charge on any atom is -0.496 e. The number of rotatable bonds is 6. The molecule has 2 heterocycles. The number of nitrogens with one attached hydrogen (secondary N) is 1. The van der Waals surface area contributed by atoms with Gasteiger partial charge in [-0.1, -0.05) is 24.3 Å². The predicted octanol–water partition coefficient (Wildman–Crippen LogP) is 3.42. The van der Waals surface area contributed by atoms with Crippen LogP contribution in [0.1, 0.15) is 16.7 Å². The fourth-order valence-electron chi connectivity index (χ4n) is 3.46. The largest absolute Gasteiger partial charge is 0.496 e. The van der Waals surface area contributed by atoms with Gasteiger partial charge < -0.3 is 20.2 Å². The van der Waals surface area contributed by atoms with E-state index >= 15 is 0 Å². The Hall–Kier alpha value is -4.05. The van der Waals surface area contributed by atoms with E-state index < -0.39 is 4.92 Å². The summed E-state index contributed by atoms with van der Waals surface area (Å²) in [7, 11) is 1.54. The first-order valence-electron chi connectivity index (χ1n) is 9.65. The molecule has 1 aliphatic heterocycles. The van der Waals surface area contributed by atoms with Crippen LogP contribution < -0.4 is 15.0 Å². The second-order valence-electron chi connectivity index (χ2n) is 7.12. The highest BCUT2D eigenvalue weighted by molar-refractivity contribution is 7.80. The summed E-state index contributed by atoms with van der Waals surface area (Å²) in [5.41, 5.74) is 3.51. The van der Waals surface area contributed by atoms with E-state index in [0.717, 1.165) is 22.4 Å². The van der Waals surface area contributed by atoms with Crippen LogP contribution in [0.3, 0.4) is 0 Å². The molecular weight excluding hydrogens is 430 g/mol. The third-order valence-corrected chi connectivity index (χ3v) is 5.28. The highest BCUT2D eigenvalue weighted by Crippen LogP contribution is 2.27. The maximum atomic E-state index is 13.0. The van der Waals surface area contributed by atoms with E-state index in [1.807, 2.05) is 43.3 Å². The number of aryl methyl sites for hydroxylation is 1. The van der Waals surface area contributed by atoms with Crippen molar-refractivity contribution in [1.29, 1.82) is 0 Å². The van der Waals surface area contributed by atoms with Gasteiger partial charge in [-0.2, -0.15) is 4.68 Å². The van der Waals surface area contributed by atoms with Crippen molar-refractivity contribution in [3.05, 3.63) is 87.2 Å².